The smallest absolute Gasteiger partial charge is 0.233 e. The van der Waals surface area contributed by atoms with Crippen LogP contribution in [0.2, 0.25) is 0 Å². The normalized spacial score (nSPS) is 16.0. The van der Waals surface area contributed by atoms with Gasteiger partial charge < -0.3 is 24.8 Å². The third-order valence-corrected chi connectivity index (χ3v) is 4.20. The van der Waals surface area contributed by atoms with Crippen molar-refractivity contribution in [2.24, 2.45) is 5.41 Å². The highest BCUT2D eigenvalue weighted by molar-refractivity contribution is 5.95. The molecule has 0 radical (unpaired) electrons. The van der Waals surface area contributed by atoms with E-state index in [-0.39, 0.29) is 30.7 Å². The highest BCUT2D eigenvalue weighted by Crippen LogP contribution is 2.31. The van der Waals surface area contributed by atoms with Crippen molar-refractivity contribution in [3.05, 3.63) is 24.0 Å². The van der Waals surface area contributed by atoms with Crippen LogP contribution in [0.4, 0.5) is 10.1 Å². The number of carbonyl (C=O) groups is 1. The van der Waals surface area contributed by atoms with E-state index in [9.17, 15) is 9.18 Å². The summed E-state index contributed by atoms with van der Waals surface area (Å²) in [6.07, 6.45) is 1.38. The molecule has 0 atom stereocenters. The van der Waals surface area contributed by atoms with E-state index in [0.717, 1.165) is 13.1 Å². The van der Waals surface area contributed by atoms with Gasteiger partial charge in [0, 0.05) is 26.0 Å². The Kier molecular flexibility index (Phi) is 9.13. The van der Waals surface area contributed by atoms with Crippen LogP contribution in [-0.2, 0) is 14.3 Å². The monoisotopic (exact) mass is 376 g/mol. The second-order valence-electron chi connectivity index (χ2n) is 5.90. The Morgan fingerprint density at radius 1 is 1.24 bits per heavy atom. The van der Waals surface area contributed by atoms with Crippen molar-refractivity contribution in [2.45, 2.75) is 12.8 Å². The SMILES string of the molecule is COCCOc1ccc(NC(=O)C2(COC)CCNCC2)cc1F.Cl. The van der Waals surface area contributed by atoms with Gasteiger partial charge in [-0.1, -0.05) is 0 Å². The standard InChI is InChI=1S/C17H25FN2O4.ClH/c1-22-9-10-24-15-4-3-13(11-14(15)18)20-16(21)17(12-23-2)5-7-19-8-6-17;/h3-4,11,19H,5-10,12H2,1-2H3,(H,20,21);1H. The van der Waals surface area contributed by atoms with E-state index in [0.29, 0.717) is 31.7 Å². The molecule has 8 heteroatoms. The van der Waals surface area contributed by atoms with Crippen LogP contribution in [0.15, 0.2) is 18.2 Å². The fourth-order valence-electron chi connectivity index (χ4n) is 2.81. The molecule has 142 valence electrons. The number of rotatable bonds is 8. The molecule has 1 aromatic rings. The quantitative estimate of drug-likeness (QED) is 0.681. The van der Waals surface area contributed by atoms with Gasteiger partial charge in [0.25, 0.3) is 0 Å². The van der Waals surface area contributed by atoms with Crippen LogP contribution in [0.25, 0.3) is 0 Å². The zero-order valence-corrected chi connectivity index (χ0v) is 15.4. The maximum atomic E-state index is 14.1. The van der Waals surface area contributed by atoms with Crippen LogP contribution in [0.3, 0.4) is 0 Å². The fourth-order valence-corrected chi connectivity index (χ4v) is 2.81. The summed E-state index contributed by atoms with van der Waals surface area (Å²) in [5, 5.41) is 6.04. The molecular formula is C17H26ClFN2O4. The van der Waals surface area contributed by atoms with Gasteiger partial charge in [0.1, 0.15) is 6.61 Å². The molecule has 1 aliphatic heterocycles. The van der Waals surface area contributed by atoms with Crippen LogP contribution < -0.4 is 15.4 Å². The predicted molar refractivity (Wildman–Crippen MR) is 96.1 cm³/mol. The highest BCUT2D eigenvalue weighted by Gasteiger charge is 2.39. The van der Waals surface area contributed by atoms with Gasteiger partial charge in [-0.25, -0.2) is 4.39 Å². The Morgan fingerprint density at radius 3 is 2.56 bits per heavy atom. The molecule has 1 aliphatic rings. The minimum Gasteiger partial charge on any atom is -0.488 e. The Bertz CT molecular complexity index is 548. The van der Waals surface area contributed by atoms with Crippen LogP contribution >= 0.6 is 12.4 Å². The van der Waals surface area contributed by atoms with E-state index in [4.69, 9.17) is 14.2 Å². The van der Waals surface area contributed by atoms with Crippen molar-refractivity contribution < 1.29 is 23.4 Å². The maximum Gasteiger partial charge on any atom is 0.233 e. The molecule has 1 amide bonds. The van der Waals surface area contributed by atoms with Crippen molar-refractivity contribution in [2.75, 3.05) is 52.4 Å². The van der Waals surface area contributed by atoms with Gasteiger partial charge in [0.2, 0.25) is 5.91 Å². The molecule has 0 saturated carbocycles. The molecule has 2 N–H and O–H groups in total. The second-order valence-corrected chi connectivity index (χ2v) is 5.90. The lowest BCUT2D eigenvalue weighted by atomic mass is 9.78. The van der Waals surface area contributed by atoms with E-state index >= 15 is 0 Å². The molecule has 0 spiro atoms. The number of piperidine rings is 1. The number of benzene rings is 1. The molecule has 1 aromatic carbocycles. The molecule has 6 nitrogen and oxygen atoms in total. The van der Waals surface area contributed by atoms with Crippen molar-refractivity contribution >= 4 is 24.0 Å². The Labute approximate surface area is 153 Å². The van der Waals surface area contributed by atoms with Crippen LogP contribution in [0.5, 0.6) is 5.75 Å². The zero-order chi connectivity index (χ0) is 17.4. The van der Waals surface area contributed by atoms with Gasteiger partial charge in [-0.2, -0.15) is 0 Å². The van der Waals surface area contributed by atoms with Gasteiger partial charge in [-0.15, -0.1) is 12.4 Å². The van der Waals surface area contributed by atoms with Gasteiger partial charge >= 0.3 is 0 Å². The molecule has 0 unspecified atom stereocenters. The lowest BCUT2D eigenvalue weighted by Crippen LogP contribution is -2.47. The number of anilines is 1. The lowest BCUT2D eigenvalue weighted by molar-refractivity contribution is -0.130. The second kappa shape index (κ2) is 10.6. The summed E-state index contributed by atoms with van der Waals surface area (Å²) < 4.78 is 29.4. The maximum absolute atomic E-state index is 14.1. The van der Waals surface area contributed by atoms with E-state index < -0.39 is 11.2 Å². The number of methoxy groups -OCH3 is 2. The minimum absolute atomic E-state index is 0. The molecule has 0 aliphatic carbocycles. The molecule has 1 heterocycles. The summed E-state index contributed by atoms with van der Waals surface area (Å²) >= 11 is 0. The zero-order valence-electron chi connectivity index (χ0n) is 14.6. The Hall–Kier alpha value is -1.41. The predicted octanol–water partition coefficient (Wildman–Crippen LogP) is 2.23. The van der Waals surface area contributed by atoms with Gasteiger partial charge in [0.15, 0.2) is 11.6 Å². The number of carbonyl (C=O) groups excluding carboxylic acids is 1. The lowest BCUT2D eigenvalue weighted by Gasteiger charge is -2.35. The first kappa shape index (κ1) is 21.6. The number of hydrogen-bond donors (Lipinski definition) is 2. The number of hydrogen-bond acceptors (Lipinski definition) is 5. The Balaban J connectivity index is 0.00000312. The van der Waals surface area contributed by atoms with Crippen molar-refractivity contribution in [1.29, 1.82) is 0 Å². The van der Waals surface area contributed by atoms with E-state index in [1.54, 1.807) is 20.3 Å². The summed E-state index contributed by atoms with van der Waals surface area (Å²) in [6, 6.07) is 4.40. The van der Waals surface area contributed by atoms with Crippen molar-refractivity contribution in [3.63, 3.8) is 0 Å². The summed E-state index contributed by atoms with van der Waals surface area (Å²) in [7, 11) is 3.14. The topological polar surface area (TPSA) is 68.8 Å². The number of amides is 1. The molecule has 2 rings (SSSR count). The number of nitrogens with one attached hydrogen (secondary N) is 2. The first-order valence-electron chi connectivity index (χ1n) is 8.04. The number of ether oxygens (including phenoxy) is 3. The Morgan fingerprint density at radius 2 is 1.96 bits per heavy atom. The molecule has 25 heavy (non-hydrogen) atoms. The van der Waals surface area contributed by atoms with Gasteiger partial charge in [-0.05, 0) is 38.1 Å². The van der Waals surface area contributed by atoms with Crippen LogP contribution in [-0.4, -0.2) is 53.0 Å². The van der Waals surface area contributed by atoms with Gasteiger partial charge in [-0.3, -0.25) is 4.79 Å². The average Bonchev–Trinajstić information content (AvgIpc) is 2.58. The van der Waals surface area contributed by atoms with Crippen LogP contribution in [0, 0.1) is 11.2 Å². The summed E-state index contributed by atoms with van der Waals surface area (Å²) in [6.45, 7) is 2.52. The molecule has 1 fully saturated rings. The third kappa shape index (κ3) is 5.81. The van der Waals surface area contributed by atoms with E-state index in [1.165, 1.54) is 12.1 Å². The van der Waals surface area contributed by atoms with E-state index in [2.05, 4.69) is 10.6 Å². The first-order chi connectivity index (χ1) is 11.6. The molecule has 0 aromatic heterocycles. The van der Waals surface area contributed by atoms with Crippen molar-refractivity contribution in [3.8, 4) is 5.75 Å². The minimum atomic E-state index is -0.579. The largest absolute Gasteiger partial charge is 0.488 e. The van der Waals surface area contributed by atoms with Crippen molar-refractivity contribution in [1.82, 2.24) is 5.32 Å². The molecule has 0 bridgehead atoms. The van der Waals surface area contributed by atoms with Crippen LogP contribution in [0.1, 0.15) is 12.8 Å². The highest BCUT2D eigenvalue weighted by atomic mass is 35.5. The fraction of sp³-hybridized carbons (Fsp3) is 0.588. The van der Waals surface area contributed by atoms with Gasteiger partial charge in [0.05, 0.1) is 18.6 Å². The first-order valence-corrected chi connectivity index (χ1v) is 8.04. The average molecular weight is 377 g/mol. The third-order valence-electron chi connectivity index (χ3n) is 4.20. The van der Waals surface area contributed by atoms with E-state index in [1.807, 2.05) is 0 Å². The summed E-state index contributed by atoms with van der Waals surface area (Å²) in [5.41, 5.74) is -0.171. The number of halogens is 2. The summed E-state index contributed by atoms with van der Waals surface area (Å²) in [4.78, 5) is 12.7. The molecule has 1 saturated heterocycles. The summed E-state index contributed by atoms with van der Waals surface area (Å²) in [5.74, 6) is -0.521. The molecular weight excluding hydrogens is 351 g/mol.